The van der Waals surface area contributed by atoms with E-state index in [1.165, 1.54) is 0 Å². The topological polar surface area (TPSA) is 12.0 Å². The maximum Gasteiger partial charge on any atom is 0.319 e. The Hall–Kier alpha value is -0.320. The van der Waals surface area contributed by atoms with Gasteiger partial charge in [0.05, 0.1) is 6.54 Å². The van der Waals surface area contributed by atoms with Gasteiger partial charge in [-0.25, -0.2) is 8.78 Å². The van der Waals surface area contributed by atoms with E-state index in [0.29, 0.717) is 12.3 Å². The van der Waals surface area contributed by atoms with E-state index in [-0.39, 0.29) is 6.04 Å². The van der Waals surface area contributed by atoms with Gasteiger partial charge in [-0.05, 0) is 25.2 Å². The van der Waals surface area contributed by atoms with Crippen LogP contribution in [0.3, 0.4) is 0 Å². The molecule has 84 valence electrons. The van der Waals surface area contributed by atoms with Crippen LogP contribution < -0.4 is 5.32 Å². The monoisotopic (exact) mass is 213 g/mol. The van der Waals surface area contributed by atoms with Crippen LogP contribution in [0.1, 0.15) is 26.2 Å². The fourth-order valence-electron chi connectivity index (χ4n) is 1.49. The molecule has 1 N–H and O–H groups in total. The van der Waals surface area contributed by atoms with Gasteiger partial charge in [0.15, 0.2) is 0 Å². The average Bonchev–Trinajstić information content (AvgIpc) is 2.89. The molecule has 1 unspecified atom stereocenters. The Labute approximate surface area is 80.9 Å². The summed E-state index contributed by atoms with van der Waals surface area (Å²) < 4.78 is 48.6. The lowest BCUT2D eigenvalue weighted by Crippen LogP contribution is -2.43. The van der Waals surface area contributed by atoms with Gasteiger partial charge in [-0.15, -0.1) is 0 Å². The maximum absolute atomic E-state index is 12.5. The van der Waals surface area contributed by atoms with E-state index in [1.807, 2.05) is 6.92 Å². The Bertz CT molecular complexity index is 180. The van der Waals surface area contributed by atoms with Crippen LogP contribution in [0, 0.1) is 5.92 Å². The Balaban J connectivity index is 2.30. The van der Waals surface area contributed by atoms with Crippen molar-refractivity contribution in [2.75, 3.05) is 6.54 Å². The smallest absolute Gasteiger partial charge is 0.308 e. The molecule has 0 saturated heterocycles. The van der Waals surface area contributed by atoms with Crippen molar-refractivity contribution in [2.24, 2.45) is 5.92 Å². The van der Waals surface area contributed by atoms with Crippen molar-refractivity contribution in [3.05, 3.63) is 0 Å². The lowest BCUT2D eigenvalue weighted by atomic mass is 10.1. The number of halogens is 4. The summed E-state index contributed by atoms with van der Waals surface area (Å²) in [6.07, 6.45) is -0.826. The zero-order chi connectivity index (χ0) is 10.8. The second-order valence-corrected chi connectivity index (χ2v) is 3.79. The molecule has 0 heterocycles. The fourth-order valence-corrected chi connectivity index (χ4v) is 1.49. The van der Waals surface area contributed by atoms with E-state index in [2.05, 4.69) is 5.32 Å². The van der Waals surface area contributed by atoms with Crippen LogP contribution in [0.2, 0.25) is 0 Å². The molecule has 1 saturated carbocycles. The van der Waals surface area contributed by atoms with E-state index >= 15 is 0 Å². The van der Waals surface area contributed by atoms with E-state index in [0.717, 1.165) is 12.8 Å². The first kappa shape index (κ1) is 11.8. The van der Waals surface area contributed by atoms with Crippen LogP contribution >= 0.6 is 0 Å². The highest BCUT2D eigenvalue weighted by molar-refractivity contribution is 4.87. The molecule has 5 heteroatoms. The Morgan fingerprint density at radius 1 is 1.36 bits per heavy atom. The molecule has 1 atom stereocenters. The molecule has 0 aromatic carbocycles. The predicted molar refractivity (Wildman–Crippen MR) is 45.8 cm³/mol. The molecule has 0 aliphatic heterocycles. The van der Waals surface area contributed by atoms with E-state index in [4.69, 9.17) is 0 Å². The molecule has 0 bridgehead atoms. The first-order valence-electron chi connectivity index (χ1n) is 4.86. The minimum absolute atomic E-state index is 0.0281. The number of rotatable bonds is 6. The third kappa shape index (κ3) is 3.12. The van der Waals surface area contributed by atoms with Gasteiger partial charge in [-0.3, -0.25) is 0 Å². The van der Waals surface area contributed by atoms with Crippen LogP contribution in [0.25, 0.3) is 0 Å². The van der Waals surface area contributed by atoms with Gasteiger partial charge in [-0.1, -0.05) is 6.92 Å². The number of nitrogens with one attached hydrogen (secondary N) is 1. The van der Waals surface area contributed by atoms with E-state index < -0.39 is 18.9 Å². The van der Waals surface area contributed by atoms with Gasteiger partial charge >= 0.3 is 12.3 Å². The predicted octanol–water partition coefficient (Wildman–Crippen LogP) is 2.67. The summed E-state index contributed by atoms with van der Waals surface area (Å²) in [6, 6.07) is -0.0281. The molecular formula is C9H15F4N. The normalized spacial score (nSPS) is 20.1. The van der Waals surface area contributed by atoms with Gasteiger partial charge in [0, 0.05) is 6.04 Å². The minimum Gasteiger partial charge on any atom is -0.308 e. The van der Waals surface area contributed by atoms with Gasteiger partial charge in [-0.2, -0.15) is 8.78 Å². The number of alkyl halides is 4. The molecule has 1 nitrogen and oxygen atoms in total. The minimum atomic E-state index is -3.90. The van der Waals surface area contributed by atoms with Crippen molar-refractivity contribution in [3.8, 4) is 0 Å². The fraction of sp³-hybridized carbons (Fsp3) is 1.00. The highest BCUT2D eigenvalue weighted by Crippen LogP contribution is 2.34. The summed E-state index contributed by atoms with van der Waals surface area (Å²) in [5.74, 6) is -3.49. The van der Waals surface area contributed by atoms with Gasteiger partial charge in [0.1, 0.15) is 0 Å². The van der Waals surface area contributed by atoms with Crippen molar-refractivity contribution >= 4 is 0 Å². The summed E-state index contributed by atoms with van der Waals surface area (Å²) in [5, 5.41) is 2.52. The molecule has 1 aliphatic rings. The molecule has 1 aliphatic carbocycles. The van der Waals surface area contributed by atoms with Gasteiger partial charge in [0.25, 0.3) is 0 Å². The second-order valence-electron chi connectivity index (χ2n) is 3.79. The molecule has 0 radical (unpaired) electrons. The Morgan fingerprint density at radius 3 is 2.29 bits per heavy atom. The van der Waals surface area contributed by atoms with E-state index in [9.17, 15) is 17.6 Å². The zero-order valence-electron chi connectivity index (χ0n) is 8.07. The summed E-state index contributed by atoms with van der Waals surface area (Å²) in [4.78, 5) is 0. The number of hydrogen-bond donors (Lipinski definition) is 1. The summed E-state index contributed by atoms with van der Waals surface area (Å²) in [7, 11) is 0. The lowest BCUT2D eigenvalue weighted by molar-refractivity contribution is -0.126. The van der Waals surface area contributed by atoms with Crippen LogP contribution in [0.4, 0.5) is 17.6 Å². The third-order valence-corrected chi connectivity index (χ3v) is 2.55. The van der Waals surface area contributed by atoms with Crippen LogP contribution in [-0.2, 0) is 0 Å². The third-order valence-electron chi connectivity index (χ3n) is 2.55. The highest BCUT2D eigenvalue weighted by Gasteiger charge is 2.41. The first-order chi connectivity index (χ1) is 6.47. The zero-order valence-corrected chi connectivity index (χ0v) is 8.07. The molecule has 1 fully saturated rings. The van der Waals surface area contributed by atoms with Gasteiger partial charge in [0.2, 0.25) is 0 Å². The quantitative estimate of drug-likeness (QED) is 0.669. The van der Waals surface area contributed by atoms with Crippen LogP contribution in [-0.4, -0.2) is 24.9 Å². The van der Waals surface area contributed by atoms with Crippen molar-refractivity contribution in [1.82, 2.24) is 5.32 Å². The van der Waals surface area contributed by atoms with E-state index in [1.54, 1.807) is 0 Å². The SMILES string of the molecule is CCC(NCC(F)(F)C(F)F)C1CC1. The molecule has 1 rings (SSSR count). The molecule has 0 spiro atoms. The van der Waals surface area contributed by atoms with Crippen LogP contribution in [0.15, 0.2) is 0 Å². The lowest BCUT2D eigenvalue weighted by Gasteiger charge is -2.21. The molecule has 0 aromatic heterocycles. The van der Waals surface area contributed by atoms with Crippen molar-refractivity contribution in [1.29, 1.82) is 0 Å². The van der Waals surface area contributed by atoms with Gasteiger partial charge < -0.3 is 5.32 Å². The van der Waals surface area contributed by atoms with Crippen LogP contribution in [0.5, 0.6) is 0 Å². The molecular weight excluding hydrogens is 198 g/mol. The number of hydrogen-bond acceptors (Lipinski definition) is 1. The van der Waals surface area contributed by atoms with Crippen molar-refractivity contribution < 1.29 is 17.6 Å². The first-order valence-corrected chi connectivity index (χ1v) is 4.86. The maximum atomic E-state index is 12.5. The highest BCUT2D eigenvalue weighted by atomic mass is 19.3. The summed E-state index contributed by atoms with van der Waals surface area (Å²) >= 11 is 0. The molecule has 0 aromatic rings. The largest absolute Gasteiger partial charge is 0.319 e. The summed E-state index contributed by atoms with van der Waals surface area (Å²) in [6.45, 7) is 0.955. The molecule has 14 heavy (non-hydrogen) atoms. The summed E-state index contributed by atoms with van der Waals surface area (Å²) in [5.41, 5.74) is 0. The van der Waals surface area contributed by atoms with Crippen molar-refractivity contribution in [3.63, 3.8) is 0 Å². The second kappa shape index (κ2) is 4.47. The Kier molecular flexibility index (Phi) is 3.75. The molecule has 0 amide bonds. The average molecular weight is 213 g/mol. The Morgan fingerprint density at radius 2 is 1.93 bits per heavy atom. The van der Waals surface area contributed by atoms with Crippen molar-refractivity contribution in [2.45, 2.75) is 44.6 Å². The standard InChI is InChI=1S/C9H15F4N/c1-2-7(6-3-4-6)14-5-9(12,13)8(10)11/h6-8,14H,2-5H2,1H3.